The van der Waals surface area contributed by atoms with Gasteiger partial charge >= 0.3 is 0 Å². The van der Waals surface area contributed by atoms with Crippen molar-refractivity contribution in [3.63, 3.8) is 0 Å². The summed E-state index contributed by atoms with van der Waals surface area (Å²) < 4.78 is 11.4. The average Bonchev–Trinajstić information content (AvgIpc) is 3.78. The van der Waals surface area contributed by atoms with Crippen LogP contribution in [0.2, 0.25) is 0 Å². The fourth-order valence-corrected chi connectivity index (χ4v) is 8.98. The van der Waals surface area contributed by atoms with Gasteiger partial charge in [-0.05, 0) is 100 Å². The van der Waals surface area contributed by atoms with Gasteiger partial charge in [-0.3, -0.25) is 0 Å². The van der Waals surface area contributed by atoms with Crippen LogP contribution in [-0.4, -0.2) is 0 Å². The second-order valence-electron chi connectivity index (χ2n) is 11.7. The number of rotatable bonds is 3. The van der Waals surface area contributed by atoms with Gasteiger partial charge in [0.2, 0.25) is 0 Å². The van der Waals surface area contributed by atoms with Crippen LogP contribution in [0.3, 0.4) is 0 Å². The van der Waals surface area contributed by atoms with Gasteiger partial charge in [-0.2, -0.15) is 0 Å². The van der Waals surface area contributed by atoms with Crippen LogP contribution in [-0.2, 0) is 0 Å². The summed E-state index contributed by atoms with van der Waals surface area (Å²) in [4.78, 5) is 0. The van der Waals surface area contributed by atoms with Crippen molar-refractivity contribution in [2.75, 3.05) is 0 Å². The molecule has 3 heterocycles. The van der Waals surface area contributed by atoms with Gasteiger partial charge in [-0.15, -0.1) is 22.7 Å². The Balaban J connectivity index is 1.07. The molecule has 3 aromatic heterocycles. The fraction of sp³-hybridized carbons (Fsp3) is 0. The lowest BCUT2D eigenvalue weighted by atomic mass is 9.96. The van der Waals surface area contributed by atoms with E-state index in [0.717, 1.165) is 21.9 Å². The van der Waals surface area contributed by atoms with E-state index in [9.17, 15) is 0 Å². The van der Waals surface area contributed by atoms with E-state index >= 15 is 0 Å². The third kappa shape index (κ3) is 3.98. The lowest BCUT2D eigenvalue weighted by molar-refractivity contribution is 0.669. The van der Waals surface area contributed by atoms with Gasteiger partial charge in [0.25, 0.3) is 0 Å². The number of benzene rings is 7. The van der Waals surface area contributed by atoms with E-state index in [0.29, 0.717) is 0 Å². The molecule has 0 bridgehead atoms. The predicted molar refractivity (Wildman–Crippen MR) is 196 cm³/mol. The third-order valence-corrected chi connectivity index (χ3v) is 11.4. The number of para-hydroxylation sites is 1. The zero-order valence-corrected chi connectivity index (χ0v) is 25.7. The average molecular weight is 609 g/mol. The smallest absolute Gasteiger partial charge is 0.135 e. The third-order valence-electron chi connectivity index (χ3n) is 9.09. The second-order valence-corrected chi connectivity index (χ2v) is 13.9. The lowest BCUT2D eigenvalue weighted by Crippen LogP contribution is -1.82. The van der Waals surface area contributed by atoms with Crippen LogP contribution in [0.4, 0.5) is 0 Å². The van der Waals surface area contributed by atoms with Crippen LogP contribution in [0.1, 0.15) is 0 Å². The standard InChI is InChI=1S/C42H24OS2/c1-3-10-37-31(8-1)33-21-27(12-16-38(33)43-37)25-6-5-7-26(20-25)28-13-18-41-35(23-28)36-24-30(15-19-42(36)45-41)29-14-17-40-34(22-29)32-9-2-4-11-39(32)44-40/h1-24H. The Hall–Kier alpha value is -5.22. The highest BCUT2D eigenvalue weighted by atomic mass is 32.1. The zero-order chi connectivity index (χ0) is 29.5. The molecule has 0 fully saturated rings. The van der Waals surface area contributed by atoms with Crippen molar-refractivity contribution in [2.45, 2.75) is 0 Å². The van der Waals surface area contributed by atoms with E-state index in [1.54, 1.807) is 0 Å². The van der Waals surface area contributed by atoms with Crippen molar-refractivity contribution in [1.29, 1.82) is 0 Å². The molecule has 10 rings (SSSR count). The van der Waals surface area contributed by atoms with Crippen LogP contribution < -0.4 is 0 Å². The molecule has 10 aromatic rings. The molecule has 0 N–H and O–H groups in total. The van der Waals surface area contributed by atoms with Gasteiger partial charge in [-0.1, -0.05) is 78.9 Å². The normalized spacial score (nSPS) is 12.0. The summed E-state index contributed by atoms with van der Waals surface area (Å²) in [6, 6.07) is 53.2. The minimum Gasteiger partial charge on any atom is -0.456 e. The highest BCUT2D eigenvalue weighted by Gasteiger charge is 2.12. The topological polar surface area (TPSA) is 13.1 Å². The molecule has 0 aliphatic heterocycles. The van der Waals surface area contributed by atoms with Gasteiger partial charge in [0.1, 0.15) is 11.2 Å². The van der Waals surface area contributed by atoms with E-state index < -0.39 is 0 Å². The minimum absolute atomic E-state index is 0.925. The van der Waals surface area contributed by atoms with Crippen LogP contribution in [0, 0.1) is 0 Å². The van der Waals surface area contributed by atoms with Crippen molar-refractivity contribution in [1.82, 2.24) is 0 Å². The molecule has 0 amide bonds. The summed E-state index contributed by atoms with van der Waals surface area (Å²) in [6.07, 6.45) is 0. The summed E-state index contributed by atoms with van der Waals surface area (Å²) in [5, 5.41) is 7.62. The molecule has 3 heteroatoms. The minimum atomic E-state index is 0.925. The Morgan fingerprint density at radius 3 is 1.38 bits per heavy atom. The Bertz CT molecular complexity index is 2770. The maximum Gasteiger partial charge on any atom is 0.135 e. The van der Waals surface area contributed by atoms with Gasteiger partial charge in [-0.25, -0.2) is 0 Å². The molecule has 0 saturated carbocycles. The maximum absolute atomic E-state index is 6.07. The SMILES string of the molecule is c1cc(-c2ccc3oc4ccccc4c3c2)cc(-c2ccc3sc4ccc(-c5ccc6sc7ccccc7c6c5)cc4c3c2)c1. The fourth-order valence-electron chi connectivity index (χ4n) is 6.83. The van der Waals surface area contributed by atoms with Crippen LogP contribution in [0.5, 0.6) is 0 Å². The first kappa shape index (κ1) is 25.1. The Morgan fingerprint density at radius 1 is 0.289 bits per heavy atom. The van der Waals surface area contributed by atoms with Crippen molar-refractivity contribution < 1.29 is 4.42 Å². The summed E-state index contributed by atoms with van der Waals surface area (Å²) in [5.41, 5.74) is 9.22. The van der Waals surface area contributed by atoms with Crippen molar-refractivity contribution in [2.24, 2.45) is 0 Å². The van der Waals surface area contributed by atoms with E-state index in [-0.39, 0.29) is 0 Å². The van der Waals surface area contributed by atoms with E-state index in [4.69, 9.17) is 4.42 Å². The Labute approximate surface area is 267 Å². The molecule has 210 valence electrons. The summed E-state index contributed by atoms with van der Waals surface area (Å²) in [5.74, 6) is 0. The number of hydrogen-bond donors (Lipinski definition) is 0. The molecule has 7 aromatic carbocycles. The van der Waals surface area contributed by atoms with Gasteiger partial charge in [0.15, 0.2) is 0 Å². The second kappa shape index (κ2) is 9.64. The Morgan fingerprint density at radius 2 is 0.733 bits per heavy atom. The van der Waals surface area contributed by atoms with Crippen LogP contribution in [0.25, 0.3) is 95.7 Å². The summed E-state index contributed by atoms with van der Waals surface area (Å²) in [6.45, 7) is 0. The molecule has 1 nitrogen and oxygen atoms in total. The van der Waals surface area contributed by atoms with E-state index in [1.807, 2.05) is 34.8 Å². The lowest BCUT2D eigenvalue weighted by Gasteiger charge is -2.07. The molecule has 0 saturated heterocycles. The summed E-state index contributed by atoms with van der Waals surface area (Å²) >= 11 is 3.74. The molecule has 0 aliphatic rings. The quantitative estimate of drug-likeness (QED) is 0.194. The highest BCUT2D eigenvalue weighted by Crippen LogP contribution is 2.41. The monoisotopic (exact) mass is 608 g/mol. The van der Waals surface area contributed by atoms with E-state index in [1.165, 1.54) is 73.7 Å². The first-order valence-corrected chi connectivity index (χ1v) is 16.8. The predicted octanol–water partition coefficient (Wildman–Crippen LogP) is 13.3. The van der Waals surface area contributed by atoms with Crippen molar-refractivity contribution in [3.05, 3.63) is 146 Å². The van der Waals surface area contributed by atoms with Gasteiger partial charge < -0.3 is 4.42 Å². The molecular formula is C42H24OS2. The maximum atomic E-state index is 6.07. The zero-order valence-electron chi connectivity index (χ0n) is 24.1. The first-order valence-electron chi connectivity index (χ1n) is 15.2. The van der Waals surface area contributed by atoms with Gasteiger partial charge in [0, 0.05) is 51.1 Å². The van der Waals surface area contributed by atoms with E-state index in [2.05, 4.69) is 133 Å². The molecule has 0 radical (unpaired) electrons. The first-order chi connectivity index (χ1) is 22.2. The van der Waals surface area contributed by atoms with Crippen molar-refractivity contribution in [3.8, 4) is 33.4 Å². The Kier molecular flexibility index (Phi) is 5.39. The molecule has 0 aliphatic carbocycles. The van der Waals surface area contributed by atoms with Crippen molar-refractivity contribution >= 4 is 85.0 Å². The summed E-state index contributed by atoms with van der Waals surface area (Å²) in [7, 11) is 0. The largest absolute Gasteiger partial charge is 0.456 e. The molecule has 45 heavy (non-hydrogen) atoms. The number of hydrogen-bond acceptors (Lipinski definition) is 3. The van der Waals surface area contributed by atoms with Gasteiger partial charge in [0.05, 0.1) is 0 Å². The van der Waals surface area contributed by atoms with Crippen LogP contribution >= 0.6 is 22.7 Å². The molecule has 0 unspecified atom stereocenters. The molecular weight excluding hydrogens is 585 g/mol. The molecule has 0 atom stereocenters. The molecule has 0 spiro atoms. The number of fused-ring (bicyclic) bond motifs is 9. The number of thiophene rings is 2. The van der Waals surface area contributed by atoms with Crippen LogP contribution in [0.15, 0.2) is 150 Å². The number of furan rings is 1. The highest BCUT2D eigenvalue weighted by molar-refractivity contribution is 7.26.